The molecule has 150 valence electrons. The van der Waals surface area contributed by atoms with Crippen LogP contribution in [0.2, 0.25) is 0 Å². The van der Waals surface area contributed by atoms with Gasteiger partial charge in [-0.25, -0.2) is 4.98 Å². The molecule has 2 aromatic heterocycles. The van der Waals surface area contributed by atoms with Gasteiger partial charge < -0.3 is 15.4 Å². The lowest BCUT2D eigenvalue weighted by atomic mass is 10.1. The van der Waals surface area contributed by atoms with Crippen LogP contribution in [0, 0.1) is 0 Å². The van der Waals surface area contributed by atoms with Gasteiger partial charge in [0.05, 0.1) is 27.4 Å². The average Bonchev–Trinajstić information content (AvgIpc) is 2.75. The van der Waals surface area contributed by atoms with Crippen molar-refractivity contribution in [1.29, 1.82) is 0 Å². The minimum Gasteiger partial charge on any atom is -0.495 e. The summed E-state index contributed by atoms with van der Waals surface area (Å²) in [5.41, 5.74) is 0.858. The van der Waals surface area contributed by atoms with E-state index in [0.717, 1.165) is 69.7 Å². The van der Waals surface area contributed by atoms with Crippen LogP contribution in [-0.4, -0.2) is 31.7 Å². The molecular formula is C23H25N3O2S. The molecule has 0 aliphatic carbocycles. The first-order chi connectivity index (χ1) is 14.2. The van der Waals surface area contributed by atoms with E-state index in [1.54, 1.807) is 18.4 Å². The van der Waals surface area contributed by atoms with Crippen LogP contribution in [0.1, 0.15) is 19.8 Å². The van der Waals surface area contributed by atoms with Crippen LogP contribution in [0.5, 0.6) is 5.75 Å². The largest absolute Gasteiger partial charge is 0.495 e. The summed E-state index contributed by atoms with van der Waals surface area (Å²) in [5.74, 6) is 1.48. The summed E-state index contributed by atoms with van der Waals surface area (Å²) in [6.07, 6.45) is 2.12. The third-order valence-electron chi connectivity index (χ3n) is 4.97. The zero-order valence-electron chi connectivity index (χ0n) is 16.7. The number of hydrogen-bond acceptors (Lipinski definition) is 6. The Hall–Kier alpha value is -2.70. The predicted octanol–water partition coefficient (Wildman–Crippen LogP) is 4.77. The summed E-state index contributed by atoms with van der Waals surface area (Å²) >= 11 is 1.56. The van der Waals surface area contributed by atoms with Crippen LogP contribution in [0.25, 0.3) is 31.1 Å². The molecule has 0 saturated carbocycles. The van der Waals surface area contributed by atoms with E-state index in [1.807, 2.05) is 42.5 Å². The predicted molar refractivity (Wildman–Crippen MR) is 124 cm³/mol. The van der Waals surface area contributed by atoms with Gasteiger partial charge in [-0.1, -0.05) is 31.2 Å². The number of anilines is 1. The lowest BCUT2D eigenvalue weighted by Crippen LogP contribution is -2.19. The Morgan fingerprint density at radius 3 is 2.66 bits per heavy atom. The summed E-state index contributed by atoms with van der Waals surface area (Å²) in [6.45, 7) is 4.95. The van der Waals surface area contributed by atoms with Crippen molar-refractivity contribution in [3.05, 3.63) is 52.7 Å². The molecule has 4 aromatic rings. The number of fused-ring (bicyclic) bond motifs is 4. The van der Waals surface area contributed by atoms with E-state index >= 15 is 0 Å². The molecule has 2 heterocycles. The summed E-state index contributed by atoms with van der Waals surface area (Å²) < 4.78 is 7.26. The molecule has 0 aliphatic heterocycles. The molecule has 4 rings (SSSR count). The zero-order valence-corrected chi connectivity index (χ0v) is 17.6. The molecule has 29 heavy (non-hydrogen) atoms. The van der Waals surface area contributed by atoms with Crippen LogP contribution >= 0.6 is 11.3 Å². The number of nitrogens with zero attached hydrogens (tertiary/aromatic N) is 1. The summed E-state index contributed by atoms with van der Waals surface area (Å²) in [5, 5.41) is 9.19. The summed E-state index contributed by atoms with van der Waals surface area (Å²) in [6, 6.07) is 13.5. The lowest BCUT2D eigenvalue weighted by Gasteiger charge is -2.13. The highest BCUT2D eigenvalue weighted by molar-refractivity contribution is 7.25. The highest BCUT2D eigenvalue weighted by atomic mass is 32.1. The molecule has 0 spiro atoms. The second-order valence-corrected chi connectivity index (χ2v) is 8.00. The number of benzene rings is 2. The number of ether oxygens (including phenoxy) is 1. The van der Waals surface area contributed by atoms with Crippen LogP contribution in [0.4, 0.5) is 5.82 Å². The Bertz CT molecular complexity index is 1220. The quantitative estimate of drug-likeness (QED) is 0.250. The van der Waals surface area contributed by atoms with E-state index in [1.165, 1.54) is 0 Å². The van der Waals surface area contributed by atoms with Crippen LogP contribution < -0.4 is 20.8 Å². The minimum atomic E-state index is 0.0268. The molecule has 0 radical (unpaired) electrons. The fraction of sp³-hybridized carbons (Fsp3) is 0.304. The maximum absolute atomic E-state index is 13.5. The number of hydrogen-bond donors (Lipinski definition) is 2. The molecule has 0 aliphatic rings. The molecular weight excluding hydrogens is 382 g/mol. The number of nitrogens with one attached hydrogen (secondary N) is 2. The van der Waals surface area contributed by atoms with Gasteiger partial charge in [0.15, 0.2) is 5.43 Å². The number of para-hydroxylation sites is 1. The van der Waals surface area contributed by atoms with Gasteiger partial charge in [-0.3, -0.25) is 4.79 Å². The Labute approximate surface area is 173 Å². The molecule has 0 atom stereocenters. The normalized spacial score (nSPS) is 11.4. The monoisotopic (exact) mass is 407 g/mol. The van der Waals surface area contributed by atoms with E-state index < -0.39 is 0 Å². The third-order valence-corrected chi connectivity index (χ3v) is 6.20. The fourth-order valence-corrected chi connectivity index (χ4v) is 4.80. The highest BCUT2D eigenvalue weighted by Crippen LogP contribution is 2.37. The van der Waals surface area contributed by atoms with Gasteiger partial charge in [0, 0.05) is 17.3 Å². The smallest absolute Gasteiger partial charge is 0.196 e. The molecule has 0 unspecified atom stereocenters. The van der Waals surface area contributed by atoms with Gasteiger partial charge in [-0.05, 0) is 44.1 Å². The Kier molecular flexibility index (Phi) is 5.92. The molecule has 0 bridgehead atoms. The van der Waals surface area contributed by atoms with Crippen molar-refractivity contribution >= 4 is 48.2 Å². The molecule has 5 nitrogen and oxygen atoms in total. The number of aromatic nitrogens is 1. The molecule has 0 fully saturated rings. The fourth-order valence-electron chi connectivity index (χ4n) is 3.56. The Morgan fingerprint density at radius 1 is 1.00 bits per heavy atom. The van der Waals surface area contributed by atoms with Gasteiger partial charge in [0.1, 0.15) is 11.6 Å². The van der Waals surface area contributed by atoms with Gasteiger partial charge >= 0.3 is 0 Å². The first kappa shape index (κ1) is 19.6. The third kappa shape index (κ3) is 3.78. The van der Waals surface area contributed by atoms with Crippen molar-refractivity contribution in [2.75, 3.05) is 32.1 Å². The highest BCUT2D eigenvalue weighted by Gasteiger charge is 2.16. The first-order valence-corrected chi connectivity index (χ1v) is 10.8. The Morgan fingerprint density at radius 2 is 1.83 bits per heavy atom. The van der Waals surface area contributed by atoms with Gasteiger partial charge in [0.25, 0.3) is 0 Å². The summed E-state index contributed by atoms with van der Waals surface area (Å²) in [4.78, 5) is 18.3. The maximum atomic E-state index is 13.5. The number of methoxy groups -OCH3 is 1. The van der Waals surface area contributed by atoms with E-state index in [9.17, 15) is 4.79 Å². The molecule has 6 heteroatoms. The second kappa shape index (κ2) is 8.76. The minimum absolute atomic E-state index is 0.0268. The van der Waals surface area contributed by atoms with Crippen molar-refractivity contribution in [3.8, 4) is 5.75 Å². The topological polar surface area (TPSA) is 63.2 Å². The lowest BCUT2D eigenvalue weighted by molar-refractivity contribution is 0.420. The van der Waals surface area contributed by atoms with Crippen molar-refractivity contribution in [2.24, 2.45) is 0 Å². The Balaban J connectivity index is 1.86. The van der Waals surface area contributed by atoms with E-state index in [4.69, 9.17) is 9.72 Å². The molecule has 2 N–H and O–H groups in total. The van der Waals surface area contributed by atoms with Crippen LogP contribution in [0.3, 0.4) is 0 Å². The van der Waals surface area contributed by atoms with Crippen molar-refractivity contribution in [3.63, 3.8) is 0 Å². The van der Waals surface area contributed by atoms with E-state index in [-0.39, 0.29) is 5.43 Å². The van der Waals surface area contributed by atoms with Crippen molar-refractivity contribution < 1.29 is 4.74 Å². The van der Waals surface area contributed by atoms with Crippen LogP contribution in [0.15, 0.2) is 47.3 Å². The second-order valence-electron chi connectivity index (χ2n) is 6.98. The first-order valence-electron chi connectivity index (χ1n) is 10.0. The zero-order chi connectivity index (χ0) is 20.2. The number of pyridine rings is 1. The molecule has 2 aromatic carbocycles. The molecule has 0 saturated heterocycles. The average molecular weight is 408 g/mol. The van der Waals surface area contributed by atoms with E-state index in [0.29, 0.717) is 5.39 Å². The molecule has 0 amide bonds. The SMILES string of the molecule is CCCNCCCNc1nc2ccccc2c2c(=O)c3cccc(OC)c3sc12. The van der Waals surface area contributed by atoms with E-state index in [2.05, 4.69) is 17.6 Å². The van der Waals surface area contributed by atoms with Crippen molar-refractivity contribution in [2.45, 2.75) is 19.8 Å². The summed E-state index contributed by atoms with van der Waals surface area (Å²) in [7, 11) is 1.64. The number of rotatable bonds is 8. The maximum Gasteiger partial charge on any atom is 0.196 e. The van der Waals surface area contributed by atoms with Crippen LogP contribution in [-0.2, 0) is 0 Å². The van der Waals surface area contributed by atoms with Gasteiger partial charge in [-0.2, -0.15) is 0 Å². The standard InChI is InChI=1S/C23H25N3O2S/c1-3-12-24-13-7-14-25-23-22-19(15-8-4-5-10-17(15)26-23)20(27)16-9-6-11-18(28-2)21(16)29-22/h4-6,8-11,24H,3,7,12-14H2,1-2H3,(H,25,26). The van der Waals surface area contributed by atoms with Crippen molar-refractivity contribution in [1.82, 2.24) is 10.3 Å². The van der Waals surface area contributed by atoms with Gasteiger partial charge in [-0.15, -0.1) is 11.3 Å². The van der Waals surface area contributed by atoms with Gasteiger partial charge in [0.2, 0.25) is 0 Å².